The van der Waals surface area contributed by atoms with Crippen molar-refractivity contribution < 1.29 is 18.7 Å². The minimum Gasteiger partial charge on any atom is -0.465 e. The number of rotatable bonds is 8. The summed E-state index contributed by atoms with van der Waals surface area (Å²) < 4.78 is 28.3. The van der Waals surface area contributed by atoms with E-state index < -0.39 is 29.8 Å². The van der Waals surface area contributed by atoms with Crippen molar-refractivity contribution in [2.75, 3.05) is 23.0 Å². The lowest BCUT2D eigenvalue weighted by atomic mass is 10.1. The third-order valence-corrected chi connectivity index (χ3v) is 4.15. The highest BCUT2D eigenvalue weighted by molar-refractivity contribution is 5.66. The van der Waals surface area contributed by atoms with Gasteiger partial charge in [-0.2, -0.15) is 5.26 Å². The van der Waals surface area contributed by atoms with Crippen LogP contribution in [0, 0.1) is 23.0 Å². The number of amides is 1. The Bertz CT molecular complexity index is 933. The monoisotopic (exact) mass is 405 g/mol. The molecule has 11 heteroatoms. The first-order valence-corrected chi connectivity index (χ1v) is 8.76. The van der Waals surface area contributed by atoms with Gasteiger partial charge in [-0.1, -0.05) is 6.92 Å². The molecule has 0 saturated heterocycles. The van der Waals surface area contributed by atoms with E-state index in [0.29, 0.717) is 6.42 Å². The molecule has 5 N–H and O–H groups in total. The normalized spacial score (nSPS) is 12.4. The number of hydrogen-bond donors (Lipinski definition) is 5. The van der Waals surface area contributed by atoms with Crippen molar-refractivity contribution in [3.8, 4) is 6.07 Å². The van der Waals surface area contributed by atoms with E-state index in [4.69, 9.17) is 5.11 Å². The molecule has 0 aromatic carbocycles. The molecule has 0 saturated carbocycles. The summed E-state index contributed by atoms with van der Waals surface area (Å²) >= 11 is 0. The molecule has 0 bridgehead atoms. The molecule has 2 heterocycles. The number of carbonyl (C=O) groups is 1. The van der Waals surface area contributed by atoms with Gasteiger partial charge in [0.25, 0.3) is 0 Å². The Balaban J connectivity index is 2.33. The molecule has 0 radical (unpaired) electrons. The molecule has 2 rings (SSSR count). The molecule has 29 heavy (non-hydrogen) atoms. The summed E-state index contributed by atoms with van der Waals surface area (Å²) in [6, 6.07) is 2.99. The third-order valence-electron chi connectivity index (χ3n) is 4.15. The predicted molar refractivity (Wildman–Crippen MR) is 104 cm³/mol. The highest BCUT2D eigenvalue weighted by Gasteiger charge is 2.21. The summed E-state index contributed by atoms with van der Waals surface area (Å²) in [5.74, 6) is -1.50. The number of aromatic nitrogens is 2. The first kappa shape index (κ1) is 21.6. The van der Waals surface area contributed by atoms with Crippen LogP contribution in [0.1, 0.15) is 25.8 Å². The van der Waals surface area contributed by atoms with Crippen LogP contribution in [0.5, 0.6) is 0 Å². The van der Waals surface area contributed by atoms with Crippen molar-refractivity contribution in [3.05, 3.63) is 35.5 Å². The Labute approximate surface area is 166 Å². The molecule has 0 fully saturated rings. The maximum atomic E-state index is 14.4. The van der Waals surface area contributed by atoms with Crippen LogP contribution in [0.25, 0.3) is 0 Å². The van der Waals surface area contributed by atoms with Crippen molar-refractivity contribution in [1.82, 2.24) is 15.3 Å². The second-order valence-corrected chi connectivity index (χ2v) is 6.15. The van der Waals surface area contributed by atoms with Gasteiger partial charge in [0.05, 0.1) is 17.4 Å². The van der Waals surface area contributed by atoms with E-state index in [-0.39, 0.29) is 28.7 Å². The Kier molecular flexibility index (Phi) is 7.08. The largest absolute Gasteiger partial charge is 0.465 e. The van der Waals surface area contributed by atoms with Crippen molar-refractivity contribution in [1.29, 1.82) is 5.26 Å². The van der Waals surface area contributed by atoms with Gasteiger partial charge in [0, 0.05) is 25.2 Å². The zero-order chi connectivity index (χ0) is 21.6. The van der Waals surface area contributed by atoms with Crippen molar-refractivity contribution >= 4 is 29.2 Å². The minimum absolute atomic E-state index is 0.00325. The third kappa shape index (κ3) is 5.41. The van der Waals surface area contributed by atoms with Gasteiger partial charge in [-0.05, 0) is 19.4 Å². The topological polar surface area (TPSA) is 135 Å². The molecular weight excluding hydrogens is 384 g/mol. The summed E-state index contributed by atoms with van der Waals surface area (Å²) in [5.41, 5.74) is 0.131. The molecule has 1 amide bonds. The molecule has 0 unspecified atom stereocenters. The van der Waals surface area contributed by atoms with Crippen LogP contribution < -0.4 is 21.3 Å². The van der Waals surface area contributed by atoms with E-state index in [0.717, 1.165) is 12.1 Å². The van der Waals surface area contributed by atoms with Crippen molar-refractivity contribution in [2.24, 2.45) is 0 Å². The van der Waals surface area contributed by atoms with Crippen LogP contribution >= 0.6 is 0 Å². The van der Waals surface area contributed by atoms with E-state index in [1.807, 2.05) is 6.07 Å². The minimum atomic E-state index is -1.20. The molecule has 2 aromatic heterocycles. The SMILES string of the molecule is CC[C@@H](Nc1nc(Nc2cnc(NC)c(F)c2)c(C#N)cc1F)[C@H](C)NC(=O)O. The maximum absolute atomic E-state index is 14.4. The van der Waals surface area contributed by atoms with Crippen LogP contribution in [0.15, 0.2) is 18.3 Å². The summed E-state index contributed by atoms with van der Waals surface area (Å²) in [5, 5.41) is 28.6. The summed E-state index contributed by atoms with van der Waals surface area (Å²) in [4.78, 5) is 18.8. The molecule has 2 aromatic rings. The van der Waals surface area contributed by atoms with Gasteiger partial charge in [0.15, 0.2) is 29.1 Å². The van der Waals surface area contributed by atoms with Crippen LogP contribution in [-0.2, 0) is 0 Å². The first-order chi connectivity index (χ1) is 13.8. The standard InChI is InChI=1S/C18H21F2N7O2/c1-4-14(9(2)24-18(28)29)26-17-12(19)5-10(7-21)15(27-17)25-11-6-13(20)16(22-3)23-8-11/h5-6,8-9,14,24H,4H2,1-3H3,(H,22,23)(H,28,29)(H2,25,26,27)/t9-,14+/m0/s1. The number of carboxylic acid groups (broad SMARTS) is 1. The number of hydrogen-bond acceptors (Lipinski definition) is 7. The zero-order valence-corrected chi connectivity index (χ0v) is 16.0. The van der Waals surface area contributed by atoms with Crippen molar-refractivity contribution in [2.45, 2.75) is 32.4 Å². The highest BCUT2D eigenvalue weighted by Crippen LogP contribution is 2.25. The number of nitriles is 1. The average Bonchev–Trinajstić information content (AvgIpc) is 2.67. The Morgan fingerprint density at radius 1 is 1.28 bits per heavy atom. The average molecular weight is 405 g/mol. The van der Waals surface area contributed by atoms with Crippen LogP contribution in [0.2, 0.25) is 0 Å². The fraction of sp³-hybridized carbons (Fsp3) is 0.333. The quantitative estimate of drug-likeness (QED) is 0.452. The Hall–Kier alpha value is -3.68. The van der Waals surface area contributed by atoms with Gasteiger partial charge in [-0.15, -0.1) is 0 Å². The number of pyridine rings is 2. The predicted octanol–water partition coefficient (Wildman–Crippen LogP) is 3.26. The molecule has 0 aliphatic rings. The first-order valence-electron chi connectivity index (χ1n) is 8.76. The summed E-state index contributed by atoms with van der Waals surface area (Å²) in [6.07, 6.45) is 0.612. The number of halogens is 2. The van der Waals surface area contributed by atoms with Gasteiger partial charge >= 0.3 is 6.09 Å². The fourth-order valence-electron chi connectivity index (χ4n) is 2.65. The smallest absolute Gasteiger partial charge is 0.404 e. The Morgan fingerprint density at radius 3 is 2.52 bits per heavy atom. The molecular formula is C18H21F2N7O2. The summed E-state index contributed by atoms with van der Waals surface area (Å²) in [6.45, 7) is 3.43. The van der Waals surface area contributed by atoms with Gasteiger partial charge in [-0.3, -0.25) is 0 Å². The van der Waals surface area contributed by atoms with Crippen molar-refractivity contribution in [3.63, 3.8) is 0 Å². The van der Waals surface area contributed by atoms with Gasteiger partial charge in [-0.25, -0.2) is 23.5 Å². The second kappa shape index (κ2) is 9.50. The fourth-order valence-corrected chi connectivity index (χ4v) is 2.65. The van der Waals surface area contributed by atoms with Gasteiger partial charge in [0.2, 0.25) is 0 Å². The maximum Gasteiger partial charge on any atom is 0.404 e. The molecule has 0 spiro atoms. The van der Waals surface area contributed by atoms with Crippen LogP contribution in [0.3, 0.4) is 0 Å². The summed E-state index contributed by atoms with van der Waals surface area (Å²) in [7, 11) is 1.52. The highest BCUT2D eigenvalue weighted by atomic mass is 19.1. The number of anilines is 4. The zero-order valence-electron chi connectivity index (χ0n) is 16.0. The second-order valence-electron chi connectivity index (χ2n) is 6.15. The van der Waals surface area contributed by atoms with Crippen LogP contribution in [0.4, 0.5) is 36.7 Å². The van der Waals surface area contributed by atoms with Gasteiger partial charge < -0.3 is 26.4 Å². The molecule has 154 valence electrons. The number of nitrogens with one attached hydrogen (secondary N) is 4. The molecule has 0 aliphatic heterocycles. The molecule has 0 aliphatic carbocycles. The van der Waals surface area contributed by atoms with Gasteiger partial charge in [0.1, 0.15) is 6.07 Å². The lowest BCUT2D eigenvalue weighted by molar-refractivity contribution is 0.189. The molecule has 2 atom stereocenters. The van der Waals surface area contributed by atoms with Crippen LogP contribution in [-0.4, -0.2) is 40.3 Å². The lowest BCUT2D eigenvalue weighted by Gasteiger charge is -2.25. The van der Waals surface area contributed by atoms with E-state index in [1.54, 1.807) is 13.8 Å². The Morgan fingerprint density at radius 2 is 1.97 bits per heavy atom. The van der Waals surface area contributed by atoms with E-state index in [1.165, 1.54) is 13.2 Å². The number of nitrogens with zero attached hydrogens (tertiary/aromatic N) is 3. The lowest BCUT2D eigenvalue weighted by Crippen LogP contribution is -2.44. The van der Waals surface area contributed by atoms with E-state index >= 15 is 0 Å². The van der Waals surface area contributed by atoms with E-state index in [9.17, 15) is 18.8 Å². The van der Waals surface area contributed by atoms with E-state index in [2.05, 4.69) is 31.2 Å². The molecule has 9 nitrogen and oxygen atoms in total.